The predicted molar refractivity (Wildman–Crippen MR) is 89.4 cm³/mol. The third-order valence-electron chi connectivity index (χ3n) is 5.25. The maximum atomic E-state index is 11.9. The van der Waals surface area contributed by atoms with Crippen molar-refractivity contribution in [2.45, 2.75) is 39.0 Å². The van der Waals surface area contributed by atoms with Crippen molar-refractivity contribution in [1.82, 2.24) is 15.1 Å². The molecule has 23 heavy (non-hydrogen) atoms. The molecule has 1 saturated heterocycles. The lowest BCUT2D eigenvalue weighted by Gasteiger charge is -2.18. The van der Waals surface area contributed by atoms with Crippen LogP contribution in [0, 0.1) is 11.3 Å². The Morgan fingerprint density at radius 1 is 1.48 bits per heavy atom. The zero-order valence-corrected chi connectivity index (χ0v) is 14.0. The number of hydrogen-bond acceptors (Lipinski definition) is 4. The van der Waals surface area contributed by atoms with Gasteiger partial charge >= 0.3 is 0 Å². The molecule has 1 atom stereocenters. The first kappa shape index (κ1) is 16.0. The first-order valence-corrected chi connectivity index (χ1v) is 8.50. The molecule has 0 radical (unpaired) electrons. The fourth-order valence-electron chi connectivity index (χ4n) is 3.09. The van der Waals surface area contributed by atoms with Crippen LogP contribution in [0.3, 0.4) is 0 Å². The van der Waals surface area contributed by atoms with Crippen molar-refractivity contribution in [3.63, 3.8) is 0 Å². The number of aromatic nitrogens is 2. The Bertz CT molecular complexity index is 636. The number of carbonyl (C=O) groups excluding carboxylic acids is 1. The van der Waals surface area contributed by atoms with Gasteiger partial charge in [-0.05, 0) is 37.0 Å². The molecular weight excluding hydrogens is 292 g/mol. The highest BCUT2D eigenvalue weighted by Gasteiger charge is 2.37. The molecule has 1 aromatic heterocycles. The highest BCUT2D eigenvalue weighted by molar-refractivity contribution is 5.75. The fraction of sp³-hybridized carbons (Fsp3) is 0.706. The van der Waals surface area contributed by atoms with E-state index in [0.29, 0.717) is 17.8 Å². The summed E-state index contributed by atoms with van der Waals surface area (Å²) < 4.78 is 1.33. The molecule has 1 unspecified atom stereocenters. The second-order valence-electron chi connectivity index (χ2n) is 7.39. The Kier molecular flexibility index (Phi) is 4.41. The quantitative estimate of drug-likeness (QED) is 0.858. The largest absolute Gasteiger partial charge is 0.370 e. The smallest absolute Gasteiger partial charge is 0.268 e. The average Bonchev–Trinajstić information content (AvgIpc) is 3.08. The second kappa shape index (κ2) is 6.34. The molecule has 6 nitrogen and oxygen atoms in total. The van der Waals surface area contributed by atoms with Crippen LogP contribution < -0.4 is 15.8 Å². The van der Waals surface area contributed by atoms with E-state index in [-0.39, 0.29) is 11.5 Å². The minimum atomic E-state index is -0.0900. The lowest BCUT2D eigenvalue weighted by molar-refractivity contribution is -0.121. The molecule has 2 heterocycles. The highest BCUT2D eigenvalue weighted by Crippen LogP contribution is 2.48. The standard InChI is InChI=1S/C17H26N4O2/c1-17(6-7-17)5-3-15(22)18-10-13-4-8-21(12-13)14-9-16(23)20(2)19-11-14/h9,11,13H,3-8,10,12H2,1-2H3,(H,18,22). The Hall–Kier alpha value is -1.85. The Morgan fingerprint density at radius 2 is 2.26 bits per heavy atom. The molecule has 126 valence electrons. The van der Waals surface area contributed by atoms with Crippen molar-refractivity contribution in [2.24, 2.45) is 18.4 Å². The van der Waals surface area contributed by atoms with Gasteiger partial charge in [0.15, 0.2) is 0 Å². The maximum absolute atomic E-state index is 11.9. The summed E-state index contributed by atoms with van der Waals surface area (Å²) >= 11 is 0. The monoisotopic (exact) mass is 318 g/mol. The highest BCUT2D eigenvalue weighted by atomic mass is 16.1. The summed E-state index contributed by atoms with van der Waals surface area (Å²) in [6.45, 7) is 4.76. The summed E-state index contributed by atoms with van der Waals surface area (Å²) in [5.41, 5.74) is 1.23. The van der Waals surface area contributed by atoms with Gasteiger partial charge in [0, 0.05) is 39.2 Å². The summed E-state index contributed by atoms with van der Waals surface area (Å²) in [6, 6.07) is 1.63. The van der Waals surface area contributed by atoms with E-state index < -0.39 is 0 Å². The molecule has 1 aliphatic carbocycles. The summed E-state index contributed by atoms with van der Waals surface area (Å²) in [4.78, 5) is 25.8. The van der Waals surface area contributed by atoms with Crippen LogP contribution in [0.25, 0.3) is 0 Å². The number of amides is 1. The van der Waals surface area contributed by atoms with Gasteiger partial charge in [0.1, 0.15) is 0 Å². The summed E-state index contributed by atoms with van der Waals surface area (Å²) in [5, 5.41) is 7.14. The van der Waals surface area contributed by atoms with Gasteiger partial charge in [-0.1, -0.05) is 6.92 Å². The van der Waals surface area contributed by atoms with E-state index >= 15 is 0 Å². The van der Waals surface area contributed by atoms with Crippen molar-refractivity contribution < 1.29 is 4.79 Å². The van der Waals surface area contributed by atoms with Crippen molar-refractivity contribution in [2.75, 3.05) is 24.5 Å². The predicted octanol–water partition coefficient (Wildman–Crippen LogP) is 1.30. The van der Waals surface area contributed by atoms with Crippen molar-refractivity contribution in [3.05, 3.63) is 22.6 Å². The van der Waals surface area contributed by atoms with Gasteiger partial charge in [-0.3, -0.25) is 9.59 Å². The normalized spacial score (nSPS) is 22.2. The molecular formula is C17H26N4O2. The molecule has 1 aromatic rings. The minimum absolute atomic E-state index is 0.0900. The number of carbonyl (C=O) groups is 1. The lowest BCUT2D eigenvalue weighted by atomic mass is 10.0. The van der Waals surface area contributed by atoms with Crippen LogP contribution in [0.15, 0.2) is 17.1 Å². The molecule has 1 aliphatic heterocycles. The van der Waals surface area contributed by atoms with E-state index in [2.05, 4.69) is 22.2 Å². The number of nitrogens with zero attached hydrogens (tertiary/aromatic N) is 3. The number of nitrogens with one attached hydrogen (secondary N) is 1. The zero-order chi connectivity index (χ0) is 16.4. The van der Waals surface area contributed by atoms with E-state index in [4.69, 9.17) is 0 Å². The third kappa shape index (κ3) is 4.12. The minimum Gasteiger partial charge on any atom is -0.370 e. The number of hydrogen-bond donors (Lipinski definition) is 1. The lowest BCUT2D eigenvalue weighted by Crippen LogP contribution is -2.31. The molecule has 1 saturated carbocycles. The van der Waals surface area contributed by atoms with E-state index in [0.717, 1.165) is 38.2 Å². The average molecular weight is 318 g/mol. The molecule has 0 bridgehead atoms. The molecule has 1 N–H and O–H groups in total. The molecule has 2 aliphatic rings. The van der Waals surface area contributed by atoms with Gasteiger partial charge in [0.2, 0.25) is 5.91 Å². The van der Waals surface area contributed by atoms with E-state index in [1.165, 1.54) is 17.5 Å². The van der Waals surface area contributed by atoms with Crippen LogP contribution in [0.5, 0.6) is 0 Å². The summed E-state index contributed by atoms with van der Waals surface area (Å²) in [5.74, 6) is 0.617. The fourth-order valence-corrected chi connectivity index (χ4v) is 3.09. The Balaban J connectivity index is 1.43. The van der Waals surface area contributed by atoms with Gasteiger partial charge in [-0.15, -0.1) is 0 Å². The van der Waals surface area contributed by atoms with Gasteiger partial charge in [-0.2, -0.15) is 5.10 Å². The molecule has 0 aromatic carbocycles. The third-order valence-corrected chi connectivity index (χ3v) is 5.25. The Labute approximate surface area is 136 Å². The van der Waals surface area contributed by atoms with Gasteiger partial charge < -0.3 is 10.2 Å². The molecule has 2 fully saturated rings. The molecule has 3 rings (SSSR count). The van der Waals surface area contributed by atoms with Gasteiger partial charge in [0.25, 0.3) is 5.56 Å². The summed E-state index contributed by atoms with van der Waals surface area (Å²) in [7, 11) is 1.65. The first-order chi connectivity index (χ1) is 11.0. The van der Waals surface area contributed by atoms with Crippen LogP contribution >= 0.6 is 0 Å². The van der Waals surface area contributed by atoms with E-state index in [1.54, 1.807) is 19.3 Å². The zero-order valence-electron chi connectivity index (χ0n) is 14.0. The van der Waals surface area contributed by atoms with Crippen LogP contribution in [-0.2, 0) is 11.8 Å². The number of anilines is 1. The first-order valence-electron chi connectivity index (χ1n) is 8.50. The van der Waals surface area contributed by atoms with Crippen LogP contribution in [-0.4, -0.2) is 35.3 Å². The van der Waals surface area contributed by atoms with Crippen LogP contribution in [0.2, 0.25) is 0 Å². The van der Waals surface area contributed by atoms with Crippen molar-refractivity contribution >= 4 is 11.6 Å². The number of aryl methyl sites for hydroxylation is 1. The Morgan fingerprint density at radius 3 is 2.96 bits per heavy atom. The van der Waals surface area contributed by atoms with Crippen molar-refractivity contribution in [3.8, 4) is 0 Å². The number of rotatable bonds is 6. The van der Waals surface area contributed by atoms with Crippen molar-refractivity contribution in [1.29, 1.82) is 0 Å². The SMILES string of the molecule is Cn1ncc(N2CCC(CNC(=O)CCC3(C)CC3)C2)cc1=O. The van der Waals surface area contributed by atoms with Gasteiger partial charge in [-0.25, -0.2) is 4.68 Å². The van der Waals surface area contributed by atoms with E-state index in [1.807, 2.05) is 0 Å². The van der Waals surface area contributed by atoms with E-state index in [9.17, 15) is 9.59 Å². The second-order valence-corrected chi connectivity index (χ2v) is 7.39. The molecule has 1 amide bonds. The topological polar surface area (TPSA) is 67.2 Å². The molecule has 6 heteroatoms. The summed E-state index contributed by atoms with van der Waals surface area (Å²) in [6.07, 6.45) is 6.96. The van der Waals surface area contributed by atoms with Crippen LogP contribution in [0.1, 0.15) is 39.0 Å². The van der Waals surface area contributed by atoms with Crippen LogP contribution in [0.4, 0.5) is 5.69 Å². The van der Waals surface area contributed by atoms with Gasteiger partial charge in [0.05, 0.1) is 11.9 Å². The maximum Gasteiger partial charge on any atom is 0.268 e. The molecule has 0 spiro atoms.